The molecule has 0 radical (unpaired) electrons. The van der Waals surface area contributed by atoms with Crippen LogP contribution in [0.4, 0.5) is 5.69 Å². The summed E-state index contributed by atoms with van der Waals surface area (Å²) in [6.45, 7) is 2.62. The van der Waals surface area contributed by atoms with Crippen LogP contribution in [-0.4, -0.2) is 38.1 Å². The predicted octanol–water partition coefficient (Wildman–Crippen LogP) is 3.65. The number of hydrogen-bond donors (Lipinski definition) is 0. The van der Waals surface area contributed by atoms with Gasteiger partial charge in [-0.3, -0.25) is 0 Å². The van der Waals surface area contributed by atoms with Gasteiger partial charge in [-0.1, -0.05) is 23.7 Å². The molecule has 1 fully saturated rings. The molecule has 1 aromatic heterocycles. The molecule has 2 aromatic rings. The van der Waals surface area contributed by atoms with E-state index in [2.05, 4.69) is 29.3 Å². The summed E-state index contributed by atoms with van der Waals surface area (Å²) in [6.07, 6.45) is 8.78. The molecule has 0 spiro atoms. The predicted molar refractivity (Wildman–Crippen MR) is 104 cm³/mol. The van der Waals surface area contributed by atoms with Crippen LogP contribution in [0.3, 0.4) is 0 Å². The van der Waals surface area contributed by atoms with Crippen molar-refractivity contribution in [2.45, 2.75) is 25.8 Å². The van der Waals surface area contributed by atoms with Gasteiger partial charge in [-0.25, -0.2) is 8.42 Å². The maximum atomic E-state index is 11.3. The molecular formula is C19H25ClN2O2S. The first-order valence-electron chi connectivity index (χ1n) is 8.72. The van der Waals surface area contributed by atoms with Gasteiger partial charge in [-0.2, -0.15) is 0 Å². The summed E-state index contributed by atoms with van der Waals surface area (Å²) in [4.78, 5) is 2.40. The van der Waals surface area contributed by atoms with Gasteiger partial charge in [-0.05, 0) is 48.9 Å². The Balaban J connectivity index is 1.50. The smallest absolute Gasteiger partial charge is 0.149 e. The van der Waals surface area contributed by atoms with Crippen LogP contribution < -0.4 is 4.90 Å². The monoisotopic (exact) mass is 380 g/mol. The van der Waals surface area contributed by atoms with Crippen LogP contribution in [0.2, 0.25) is 5.02 Å². The summed E-state index contributed by atoms with van der Waals surface area (Å²) < 4.78 is 24.5. The lowest BCUT2D eigenvalue weighted by Crippen LogP contribution is -2.34. The van der Waals surface area contributed by atoms with Gasteiger partial charge in [0, 0.05) is 43.3 Å². The van der Waals surface area contributed by atoms with Gasteiger partial charge in [0.05, 0.1) is 11.4 Å². The Bertz CT molecular complexity index is 791. The molecule has 0 atom stereocenters. The molecule has 1 aromatic carbocycles. The number of rotatable bonds is 6. The van der Waals surface area contributed by atoms with Crippen molar-refractivity contribution >= 4 is 27.1 Å². The Morgan fingerprint density at radius 2 is 1.80 bits per heavy atom. The third-order valence-corrected chi connectivity index (χ3v) is 6.05. The molecule has 1 aliphatic rings. The summed E-state index contributed by atoms with van der Waals surface area (Å²) in [5, 5.41) is 0.791. The second-order valence-corrected chi connectivity index (χ2v) is 9.69. The van der Waals surface area contributed by atoms with Gasteiger partial charge in [0.25, 0.3) is 0 Å². The van der Waals surface area contributed by atoms with Crippen molar-refractivity contribution in [2.24, 2.45) is 5.92 Å². The lowest BCUT2D eigenvalue weighted by molar-refractivity contribution is 0.403. The van der Waals surface area contributed by atoms with Gasteiger partial charge >= 0.3 is 0 Å². The molecule has 2 heterocycles. The average molecular weight is 381 g/mol. The lowest BCUT2D eigenvalue weighted by atomic mass is 9.90. The SMILES string of the molecule is CS(=O)(=O)CCn1ccc(N2CCC(Cc3ccc(Cl)cc3)CC2)c1. The molecule has 0 N–H and O–H groups in total. The minimum Gasteiger partial charge on any atom is -0.370 e. The molecule has 1 saturated heterocycles. The zero-order valence-electron chi connectivity index (χ0n) is 14.6. The fourth-order valence-corrected chi connectivity index (χ4v) is 4.04. The number of anilines is 1. The van der Waals surface area contributed by atoms with Gasteiger partial charge in [0.2, 0.25) is 0 Å². The molecule has 3 rings (SSSR count). The van der Waals surface area contributed by atoms with E-state index >= 15 is 0 Å². The van der Waals surface area contributed by atoms with Gasteiger partial charge in [0.15, 0.2) is 0 Å². The number of piperidine rings is 1. The van der Waals surface area contributed by atoms with Crippen LogP contribution in [0.5, 0.6) is 0 Å². The average Bonchev–Trinajstić information content (AvgIpc) is 3.04. The summed E-state index contributed by atoms with van der Waals surface area (Å²) in [5.41, 5.74) is 2.55. The van der Waals surface area contributed by atoms with E-state index in [1.54, 1.807) is 0 Å². The standard InChI is InChI=1S/C19H25ClN2O2S/c1-25(23,24)13-12-21-9-8-19(15-21)22-10-6-17(7-11-22)14-16-2-4-18(20)5-3-16/h2-5,8-9,15,17H,6-7,10-14H2,1H3. The first-order valence-corrected chi connectivity index (χ1v) is 11.2. The number of nitrogens with zero attached hydrogens (tertiary/aromatic N) is 2. The van der Waals surface area contributed by atoms with Crippen LogP contribution >= 0.6 is 11.6 Å². The molecule has 6 heteroatoms. The molecule has 4 nitrogen and oxygen atoms in total. The molecule has 0 saturated carbocycles. The second kappa shape index (κ2) is 7.83. The van der Waals surface area contributed by atoms with Crippen molar-refractivity contribution < 1.29 is 8.42 Å². The minimum atomic E-state index is -2.92. The molecule has 0 unspecified atom stereocenters. The maximum Gasteiger partial charge on any atom is 0.149 e. The lowest BCUT2D eigenvalue weighted by Gasteiger charge is -2.33. The summed E-state index contributed by atoms with van der Waals surface area (Å²) in [5.74, 6) is 0.898. The highest BCUT2D eigenvalue weighted by Gasteiger charge is 2.20. The molecule has 136 valence electrons. The fraction of sp³-hybridized carbons (Fsp3) is 0.474. The highest BCUT2D eigenvalue weighted by molar-refractivity contribution is 7.90. The Hall–Kier alpha value is -1.46. The Kier molecular flexibility index (Phi) is 5.74. The number of aromatic nitrogens is 1. The Morgan fingerprint density at radius 1 is 1.12 bits per heavy atom. The van der Waals surface area contributed by atoms with E-state index in [0.717, 1.165) is 24.5 Å². The van der Waals surface area contributed by atoms with E-state index < -0.39 is 9.84 Å². The molecule has 25 heavy (non-hydrogen) atoms. The third kappa shape index (κ3) is 5.51. The third-order valence-electron chi connectivity index (χ3n) is 4.87. The number of sulfone groups is 1. The van der Waals surface area contributed by atoms with Crippen LogP contribution in [-0.2, 0) is 22.8 Å². The number of hydrogen-bond acceptors (Lipinski definition) is 3. The van der Waals surface area contributed by atoms with Crippen molar-refractivity contribution in [3.63, 3.8) is 0 Å². The zero-order valence-corrected chi connectivity index (χ0v) is 16.1. The quantitative estimate of drug-likeness (QED) is 0.768. The Morgan fingerprint density at radius 3 is 2.44 bits per heavy atom. The first kappa shape index (κ1) is 18.3. The van der Waals surface area contributed by atoms with Crippen molar-refractivity contribution in [1.29, 1.82) is 0 Å². The van der Waals surface area contributed by atoms with Gasteiger partial charge in [0.1, 0.15) is 9.84 Å². The summed E-state index contributed by atoms with van der Waals surface area (Å²) in [7, 11) is -2.92. The summed E-state index contributed by atoms with van der Waals surface area (Å²) >= 11 is 5.95. The van der Waals surface area contributed by atoms with Crippen molar-refractivity contribution in [1.82, 2.24) is 4.57 Å². The normalized spacial score (nSPS) is 16.3. The van der Waals surface area contributed by atoms with E-state index in [4.69, 9.17) is 11.6 Å². The maximum absolute atomic E-state index is 11.3. The molecule has 0 amide bonds. The van der Waals surface area contributed by atoms with E-state index in [0.29, 0.717) is 12.5 Å². The van der Waals surface area contributed by atoms with Gasteiger partial charge < -0.3 is 9.47 Å². The largest absolute Gasteiger partial charge is 0.370 e. The molecule has 0 aliphatic carbocycles. The molecular weight excluding hydrogens is 356 g/mol. The van der Waals surface area contributed by atoms with Crippen LogP contribution in [0, 0.1) is 5.92 Å². The highest BCUT2D eigenvalue weighted by atomic mass is 35.5. The van der Waals surface area contributed by atoms with Crippen molar-refractivity contribution in [3.8, 4) is 0 Å². The Labute approximate surface area is 155 Å². The fourth-order valence-electron chi connectivity index (χ4n) is 3.37. The number of benzene rings is 1. The van der Waals surface area contributed by atoms with E-state index in [-0.39, 0.29) is 5.75 Å². The van der Waals surface area contributed by atoms with Crippen molar-refractivity contribution in [2.75, 3.05) is 30.0 Å². The first-order chi connectivity index (χ1) is 11.9. The van der Waals surface area contributed by atoms with E-state index in [1.165, 1.54) is 30.3 Å². The van der Waals surface area contributed by atoms with Crippen LogP contribution in [0.15, 0.2) is 42.7 Å². The van der Waals surface area contributed by atoms with E-state index in [1.807, 2.05) is 22.9 Å². The number of halogens is 1. The molecule has 0 bridgehead atoms. The molecule has 1 aliphatic heterocycles. The second-order valence-electron chi connectivity index (χ2n) is 7.00. The highest BCUT2D eigenvalue weighted by Crippen LogP contribution is 2.26. The van der Waals surface area contributed by atoms with Crippen LogP contribution in [0.25, 0.3) is 0 Å². The van der Waals surface area contributed by atoms with E-state index in [9.17, 15) is 8.42 Å². The topological polar surface area (TPSA) is 42.3 Å². The van der Waals surface area contributed by atoms with Crippen LogP contribution in [0.1, 0.15) is 18.4 Å². The number of aryl methyl sites for hydroxylation is 1. The summed E-state index contributed by atoms with van der Waals surface area (Å²) in [6, 6.07) is 10.3. The van der Waals surface area contributed by atoms with Gasteiger partial charge in [-0.15, -0.1) is 0 Å². The zero-order chi connectivity index (χ0) is 17.9. The van der Waals surface area contributed by atoms with Crippen molar-refractivity contribution in [3.05, 3.63) is 53.3 Å². The minimum absolute atomic E-state index is 0.185.